The van der Waals surface area contributed by atoms with E-state index in [0.29, 0.717) is 5.69 Å². The van der Waals surface area contributed by atoms with Gasteiger partial charge in [-0.15, -0.1) is 0 Å². The van der Waals surface area contributed by atoms with E-state index in [4.69, 9.17) is 0 Å². The highest BCUT2D eigenvalue weighted by Gasteiger charge is 2.21. The molecule has 146 valence electrons. The first kappa shape index (κ1) is 18.6. The van der Waals surface area contributed by atoms with E-state index in [9.17, 15) is 9.18 Å². The standard InChI is InChI=1S/C21H24FN5O/c1-26-13-15(18-11-16(22)4-5-20(18)26)14-27-9-2-3-17(6-10-27)25-21(28)19-12-23-7-8-24-19/h4-5,7-8,11-13,17H,2-3,6,9-10,14H2,1H3,(H,25,28)/t17-/m1/s1. The Labute approximate surface area is 163 Å². The summed E-state index contributed by atoms with van der Waals surface area (Å²) in [5.41, 5.74) is 2.53. The molecule has 0 radical (unpaired) electrons. The topological polar surface area (TPSA) is 63.0 Å². The molecule has 0 spiro atoms. The first-order chi connectivity index (χ1) is 13.6. The van der Waals surface area contributed by atoms with Gasteiger partial charge in [0.15, 0.2) is 0 Å². The van der Waals surface area contributed by atoms with E-state index in [-0.39, 0.29) is 17.8 Å². The zero-order chi connectivity index (χ0) is 19.5. The van der Waals surface area contributed by atoms with Gasteiger partial charge in [-0.05, 0) is 49.6 Å². The Morgan fingerprint density at radius 2 is 2.18 bits per heavy atom. The van der Waals surface area contributed by atoms with Crippen LogP contribution in [-0.4, -0.2) is 44.5 Å². The van der Waals surface area contributed by atoms with Gasteiger partial charge >= 0.3 is 0 Å². The van der Waals surface area contributed by atoms with Crippen LogP contribution < -0.4 is 5.32 Å². The van der Waals surface area contributed by atoms with Crippen LogP contribution in [-0.2, 0) is 13.6 Å². The minimum absolute atomic E-state index is 0.129. The van der Waals surface area contributed by atoms with Crippen molar-refractivity contribution in [3.05, 3.63) is 60.1 Å². The number of amides is 1. The monoisotopic (exact) mass is 381 g/mol. The molecule has 1 aliphatic heterocycles. The maximum atomic E-state index is 13.7. The molecule has 6 nitrogen and oxygen atoms in total. The Morgan fingerprint density at radius 3 is 3.00 bits per heavy atom. The molecule has 1 fully saturated rings. The summed E-state index contributed by atoms with van der Waals surface area (Å²) in [4.78, 5) is 22.7. The van der Waals surface area contributed by atoms with Crippen LogP contribution in [0, 0.1) is 5.82 Å². The third-order valence-corrected chi connectivity index (χ3v) is 5.38. The Morgan fingerprint density at radius 1 is 1.29 bits per heavy atom. The maximum Gasteiger partial charge on any atom is 0.271 e. The minimum Gasteiger partial charge on any atom is -0.350 e. The number of rotatable bonds is 4. The number of nitrogens with zero attached hydrogens (tertiary/aromatic N) is 4. The average molecular weight is 381 g/mol. The van der Waals surface area contributed by atoms with Gasteiger partial charge in [0, 0.05) is 55.7 Å². The summed E-state index contributed by atoms with van der Waals surface area (Å²) >= 11 is 0. The SMILES string of the molecule is Cn1cc(CN2CCC[C@@H](NC(=O)c3cnccn3)CC2)c2cc(F)ccc21. The van der Waals surface area contributed by atoms with Crippen molar-refractivity contribution >= 4 is 16.8 Å². The van der Waals surface area contributed by atoms with E-state index >= 15 is 0 Å². The quantitative estimate of drug-likeness (QED) is 0.755. The molecule has 1 aliphatic rings. The summed E-state index contributed by atoms with van der Waals surface area (Å²) in [6.45, 7) is 2.63. The number of aryl methyl sites for hydroxylation is 1. The predicted molar refractivity (Wildman–Crippen MR) is 105 cm³/mol. The number of nitrogens with one attached hydrogen (secondary N) is 1. The zero-order valence-electron chi connectivity index (χ0n) is 15.9. The van der Waals surface area contributed by atoms with Crippen molar-refractivity contribution in [1.29, 1.82) is 0 Å². The highest BCUT2D eigenvalue weighted by Crippen LogP contribution is 2.24. The second-order valence-corrected chi connectivity index (χ2v) is 7.39. The minimum atomic E-state index is -0.206. The van der Waals surface area contributed by atoms with Crippen molar-refractivity contribution < 1.29 is 9.18 Å². The number of hydrogen-bond acceptors (Lipinski definition) is 4. The van der Waals surface area contributed by atoms with Gasteiger partial charge in [0.1, 0.15) is 11.5 Å². The molecule has 3 aromatic rings. The Balaban J connectivity index is 1.39. The van der Waals surface area contributed by atoms with E-state index in [2.05, 4.69) is 26.4 Å². The Kier molecular flexibility index (Phi) is 5.34. The van der Waals surface area contributed by atoms with Crippen LogP contribution in [0.15, 0.2) is 43.0 Å². The van der Waals surface area contributed by atoms with Gasteiger partial charge in [0.25, 0.3) is 5.91 Å². The molecule has 28 heavy (non-hydrogen) atoms. The molecule has 2 aromatic heterocycles. The molecule has 3 heterocycles. The third kappa shape index (κ3) is 4.04. The van der Waals surface area contributed by atoms with E-state index in [1.807, 2.05) is 17.7 Å². The zero-order valence-corrected chi connectivity index (χ0v) is 15.9. The number of hydrogen-bond donors (Lipinski definition) is 1. The van der Waals surface area contributed by atoms with Crippen LogP contribution in [0.4, 0.5) is 4.39 Å². The molecule has 4 rings (SSSR count). The van der Waals surface area contributed by atoms with Gasteiger partial charge in [-0.2, -0.15) is 0 Å². The number of aromatic nitrogens is 3. The van der Waals surface area contributed by atoms with Gasteiger partial charge in [-0.3, -0.25) is 14.7 Å². The van der Waals surface area contributed by atoms with E-state index in [1.54, 1.807) is 12.3 Å². The lowest BCUT2D eigenvalue weighted by atomic mass is 10.1. The lowest BCUT2D eigenvalue weighted by molar-refractivity contribution is 0.0927. The second-order valence-electron chi connectivity index (χ2n) is 7.39. The molecule has 1 atom stereocenters. The summed E-state index contributed by atoms with van der Waals surface area (Å²) < 4.78 is 15.8. The van der Waals surface area contributed by atoms with Gasteiger partial charge in [-0.25, -0.2) is 9.37 Å². The summed E-state index contributed by atoms with van der Waals surface area (Å²) in [7, 11) is 1.99. The maximum absolute atomic E-state index is 13.7. The van der Waals surface area contributed by atoms with Crippen molar-refractivity contribution in [1.82, 2.24) is 24.8 Å². The summed E-state index contributed by atoms with van der Waals surface area (Å²) in [5.74, 6) is -0.376. The molecular formula is C21H24FN5O. The highest BCUT2D eigenvalue weighted by molar-refractivity contribution is 5.92. The van der Waals surface area contributed by atoms with Gasteiger partial charge in [0.2, 0.25) is 0 Å². The van der Waals surface area contributed by atoms with Crippen molar-refractivity contribution in [2.24, 2.45) is 7.05 Å². The first-order valence-electron chi connectivity index (χ1n) is 9.63. The molecule has 1 aromatic carbocycles. The van der Waals surface area contributed by atoms with Crippen LogP contribution in [0.25, 0.3) is 10.9 Å². The van der Waals surface area contributed by atoms with Gasteiger partial charge < -0.3 is 9.88 Å². The van der Waals surface area contributed by atoms with Crippen LogP contribution in [0.2, 0.25) is 0 Å². The fourth-order valence-corrected chi connectivity index (χ4v) is 3.95. The van der Waals surface area contributed by atoms with Crippen LogP contribution in [0.1, 0.15) is 35.3 Å². The van der Waals surface area contributed by atoms with Gasteiger partial charge in [-0.1, -0.05) is 0 Å². The van der Waals surface area contributed by atoms with E-state index < -0.39 is 0 Å². The molecule has 1 saturated heterocycles. The van der Waals surface area contributed by atoms with E-state index in [1.165, 1.54) is 18.5 Å². The summed E-state index contributed by atoms with van der Waals surface area (Å²) in [6.07, 6.45) is 9.47. The number of benzene rings is 1. The van der Waals surface area contributed by atoms with Crippen molar-refractivity contribution in [3.63, 3.8) is 0 Å². The third-order valence-electron chi connectivity index (χ3n) is 5.38. The summed E-state index contributed by atoms with van der Waals surface area (Å²) in [6, 6.07) is 5.08. The van der Waals surface area contributed by atoms with Crippen LogP contribution >= 0.6 is 0 Å². The number of fused-ring (bicyclic) bond motifs is 1. The Hall–Kier alpha value is -2.80. The van der Waals surface area contributed by atoms with E-state index in [0.717, 1.165) is 55.4 Å². The fourth-order valence-electron chi connectivity index (χ4n) is 3.95. The van der Waals surface area contributed by atoms with Gasteiger partial charge in [0.05, 0.1) is 6.20 Å². The fraction of sp³-hybridized carbons (Fsp3) is 0.381. The number of carbonyl (C=O) groups excluding carboxylic acids is 1. The molecule has 1 amide bonds. The number of halogens is 1. The molecule has 7 heteroatoms. The average Bonchev–Trinajstić information content (AvgIpc) is 2.86. The number of carbonyl (C=O) groups is 1. The lowest BCUT2D eigenvalue weighted by Crippen LogP contribution is -2.36. The Bertz CT molecular complexity index is 972. The smallest absolute Gasteiger partial charge is 0.271 e. The number of likely N-dealkylation sites (tertiary alicyclic amines) is 1. The molecule has 0 aliphatic carbocycles. The van der Waals surface area contributed by atoms with Crippen LogP contribution in [0.3, 0.4) is 0 Å². The first-order valence-corrected chi connectivity index (χ1v) is 9.63. The second kappa shape index (κ2) is 8.06. The molecule has 1 N–H and O–H groups in total. The molecule has 0 bridgehead atoms. The molecular weight excluding hydrogens is 357 g/mol. The largest absolute Gasteiger partial charge is 0.350 e. The molecule has 0 saturated carbocycles. The van der Waals surface area contributed by atoms with Crippen LogP contribution in [0.5, 0.6) is 0 Å². The van der Waals surface area contributed by atoms with Crippen molar-refractivity contribution in [2.45, 2.75) is 31.8 Å². The lowest BCUT2D eigenvalue weighted by Gasteiger charge is -2.20. The molecule has 0 unspecified atom stereocenters. The highest BCUT2D eigenvalue weighted by atomic mass is 19.1. The normalized spacial score (nSPS) is 18.1. The van der Waals surface area contributed by atoms with Crippen molar-refractivity contribution in [3.8, 4) is 0 Å². The predicted octanol–water partition coefficient (Wildman–Crippen LogP) is 2.89. The van der Waals surface area contributed by atoms with Crippen molar-refractivity contribution in [2.75, 3.05) is 13.1 Å². The summed E-state index contributed by atoms with van der Waals surface area (Å²) in [5, 5.41) is 4.05.